The normalized spacial score (nSPS) is 12.5. The van der Waals surface area contributed by atoms with Crippen LogP contribution in [0.25, 0.3) is 0 Å². The lowest BCUT2D eigenvalue weighted by molar-refractivity contribution is -0.118. The van der Waals surface area contributed by atoms with Gasteiger partial charge in [0.2, 0.25) is 5.91 Å². The smallest absolute Gasteiger partial charge is 0.217 e. The third-order valence-corrected chi connectivity index (χ3v) is 2.36. The Hall–Kier alpha value is -1.40. The first-order valence-corrected chi connectivity index (χ1v) is 5.83. The molecule has 1 aromatic heterocycles. The van der Waals surface area contributed by atoms with E-state index in [4.69, 9.17) is 5.73 Å². The molecule has 1 atom stereocenters. The van der Waals surface area contributed by atoms with E-state index in [0.717, 1.165) is 19.4 Å². The second-order valence-electron chi connectivity index (χ2n) is 4.01. The monoisotopic (exact) mass is 240 g/mol. The van der Waals surface area contributed by atoms with Gasteiger partial charge in [-0.3, -0.25) is 9.48 Å². The van der Waals surface area contributed by atoms with Crippen LogP contribution in [-0.2, 0) is 11.3 Å². The van der Waals surface area contributed by atoms with E-state index in [-0.39, 0.29) is 5.91 Å². The van der Waals surface area contributed by atoms with E-state index >= 15 is 0 Å². The van der Waals surface area contributed by atoms with Crippen LogP contribution in [0.2, 0.25) is 0 Å². The summed E-state index contributed by atoms with van der Waals surface area (Å²) in [7, 11) is 0. The van der Waals surface area contributed by atoms with Crippen LogP contribution in [0.5, 0.6) is 0 Å². The van der Waals surface area contributed by atoms with Gasteiger partial charge in [0.05, 0.1) is 12.6 Å². The molecule has 96 valence electrons. The van der Waals surface area contributed by atoms with Crippen LogP contribution in [0.3, 0.4) is 0 Å². The molecule has 1 rings (SSSR count). The third kappa shape index (κ3) is 6.70. The number of amides is 1. The minimum absolute atomic E-state index is 0.260. The molecule has 1 aromatic rings. The Kier molecular flexibility index (Phi) is 6.27. The quantitative estimate of drug-likeness (QED) is 0.507. The standard InChI is InChI=1S/C11H20N4O2/c12-11(17)4-1-2-5-13-8-10(16)9-15-7-3-6-14-15/h3,6-7,10,13,16H,1-2,4-5,8-9H2,(H2,12,17). The molecule has 0 aromatic carbocycles. The van der Waals surface area contributed by atoms with Gasteiger partial charge in [-0.25, -0.2) is 0 Å². The predicted molar refractivity (Wildman–Crippen MR) is 64.1 cm³/mol. The van der Waals surface area contributed by atoms with Crippen molar-refractivity contribution >= 4 is 5.91 Å². The lowest BCUT2D eigenvalue weighted by Gasteiger charge is -2.11. The van der Waals surface area contributed by atoms with E-state index in [0.29, 0.717) is 19.5 Å². The number of hydrogen-bond acceptors (Lipinski definition) is 4. The Balaban J connectivity index is 1.97. The highest BCUT2D eigenvalue weighted by Crippen LogP contribution is 1.93. The zero-order valence-electron chi connectivity index (χ0n) is 9.88. The van der Waals surface area contributed by atoms with Gasteiger partial charge in [-0.15, -0.1) is 0 Å². The second-order valence-corrected chi connectivity index (χ2v) is 4.01. The summed E-state index contributed by atoms with van der Waals surface area (Å²) in [4.78, 5) is 10.5. The number of unbranched alkanes of at least 4 members (excludes halogenated alkanes) is 1. The maximum atomic E-state index is 10.5. The number of primary amides is 1. The first-order chi connectivity index (χ1) is 8.18. The Bertz CT molecular complexity index is 313. The number of nitrogens with zero attached hydrogens (tertiary/aromatic N) is 2. The Labute approximate surface area is 101 Å². The molecule has 6 heteroatoms. The van der Waals surface area contributed by atoms with Crippen LogP contribution in [0.4, 0.5) is 0 Å². The Morgan fingerprint density at radius 2 is 2.35 bits per heavy atom. The highest BCUT2D eigenvalue weighted by molar-refractivity contribution is 5.73. The summed E-state index contributed by atoms with van der Waals surface area (Å²) in [5.74, 6) is -0.260. The zero-order chi connectivity index (χ0) is 12.5. The zero-order valence-corrected chi connectivity index (χ0v) is 9.88. The Morgan fingerprint density at radius 1 is 1.53 bits per heavy atom. The SMILES string of the molecule is NC(=O)CCCCNCC(O)Cn1cccn1. The molecule has 1 unspecified atom stereocenters. The molecule has 1 amide bonds. The van der Waals surface area contributed by atoms with E-state index in [2.05, 4.69) is 10.4 Å². The van der Waals surface area contributed by atoms with Gasteiger partial charge >= 0.3 is 0 Å². The largest absolute Gasteiger partial charge is 0.390 e. The van der Waals surface area contributed by atoms with E-state index in [1.807, 2.05) is 12.3 Å². The first-order valence-electron chi connectivity index (χ1n) is 5.83. The molecule has 4 N–H and O–H groups in total. The molecule has 0 spiro atoms. The summed E-state index contributed by atoms with van der Waals surface area (Å²) in [6, 6.07) is 1.82. The molecule has 0 saturated carbocycles. The van der Waals surface area contributed by atoms with Gasteiger partial charge in [-0.2, -0.15) is 5.10 Å². The van der Waals surface area contributed by atoms with E-state index in [1.165, 1.54) is 0 Å². The molecular weight excluding hydrogens is 220 g/mol. The molecule has 0 aliphatic rings. The average molecular weight is 240 g/mol. The highest BCUT2D eigenvalue weighted by Gasteiger charge is 2.04. The third-order valence-electron chi connectivity index (χ3n) is 2.36. The fourth-order valence-corrected chi connectivity index (χ4v) is 1.51. The summed E-state index contributed by atoms with van der Waals surface area (Å²) >= 11 is 0. The number of carbonyl (C=O) groups is 1. The van der Waals surface area contributed by atoms with Crippen molar-refractivity contribution in [2.24, 2.45) is 5.73 Å². The van der Waals surface area contributed by atoms with E-state index < -0.39 is 6.10 Å². The number of carbonyl (C=O) groups excluding carboxylic acids is 1. The minimum atomic E-state index is -0.453. The fourth-order valence-electron chi connectivity index (χ4n) is 1.51. The number of aromatic nitrogens is 2. The van der Waals surface area contributed by atoms with Gasteiger partial charge in [0, 0.05) is 25.4 Å². The molecule has 0 fully saturated rings. The van der Waals surface area contributed by atoms with Crippen LogP contribution < -0.4 is 11.1 Å². The van der Waals surface area contributed by atoms with E-state index in [9.17, 15) is 9.90 Å². The Morgan fingerprint density at radius 3 is 3.00 bits per heavy atom. The molecule has 0 radical (unpaired) electrons. The van der Waals surface area contributed by atoms with Gasteiger partial charge in [0.1, 0.15) is 0 Å². The van der Waals surface area contributed by atoms with Crippen molar-refractivity contribution in [2.75, 3.05) is 13.1 Å². The van der Waals surface area contributed by atoms with Crippen molar-refractivity contribution in [3.05, 3.63) is 18.5 Å². The van der Waals surface area contributed by atoms with Crippen LogP contribution in [-0.4, -0.2) is 40.0 Å². The molecule has 1 heterocycles. The number of nitrogens with one attached hydrogen (secondary N) is 1. The minimum Gasteiger partial charge on any atom is -0.390 e. The lowest BCUT2D eigenvalue weighted by Crippen LogP contribution is -2.31. The molecule has 0 aliphatic carbocycles. The second kappa shape index (κ2) is 7.81. The number of hydrogen-bond donors (Lipinski definition) is 3. The van der Waals surface area contributed by atoms with Crippen LogP contribution in [0, 0.1) is 0 Å². The van der Waals surface area contributed by atoms with Gasteiger partial charge in [-0.1, -0.05) is 0 Å². The highest BCUT2D eigenvalue weighted by atomic mass is 16.3. The number of aliphatic hydroxyl groups is 1. The molecular formula is C11H20N4O2. The van der Waals surface area contributed by atoms with Crippen molar-refractivity contribution in [1.82, 2.24) is 15.1 Å². The number of aliphatic hydroxyl groups excluding tert-OH is 1. The summed E-state index contributed by atoms with van der Waals surface area (Å²) in [5, 5.41) is 16.8. The molecule has 0 saturated heterocycles. The summed E-state index contributed by atoms with van der Waals surface area (Å²) < 4.78 is 1.69. The topological polar surface area (TPSA) is 93.2 Å². The van der Waals surface area contributed by atoms with Crippen molar-refractivity contribution in [3.63, 3.8) is 0 Å². The van der Waals surface area contributed by atoms with Gasteiger partial charge in [0.25, 0.3) is 0 Å². The molecule has 0 aliphatic heterocycles. The maximum Gasteiger partial charge on any atom is 0.217 e. The fraction of sp³-hybridized carbons (Fsp3) is 0.636. The lowest BCUT2D eigenvalue weighted by atomic mass is 10.2. The summed E-state index contributed by atoms with van der Waals surface area (Å²) in [6.07, 6.45) is 5.15. The van der Waals surface area contributed by atoms with Crippen molar-refractivity contribution < 1.29 is 9.90 Å². The predicted octanol–water partition coefficient (Wildman–Crippen LogP) is -0.511. The van der Waals surface area contributed by atoms with Crippen molar-refractivity contribution in [3.8, 4) is 0 Å². The summed E-state index contributed by atoms with van der Waals surface area (Å²) in [5.41, 5.74) is 5.02. The molecule has 17 heavy (non-hydrogen) atoms. The van der Waals surface area contributed by atoms with E-state index in [1.54, 1.807) is 10.9 Å². The van der Waals surface area contributed by atoms with Gasteiger partial charge < -0.3 is 16.2 Å². The van der Waals surface area contributed by atoms with Crippen molar-refractivity contribution in [2.45, 2.75) is 31.9 Å². The van der Waals surface area contributed by atoms with Crippen LogP contribution in [0.15, 0.2) is 18.5 Å². The number of nitrogens with two attached hydrogens (primary N) is 1. The van der Waals surface area contributed by atoms with Gasteiger partial charge in [-0.05, 0) is 25.5 Å². The number of rotatable bonds is 9. The molecule has 6 nitrogen and oxygen atoms in total. The maximum absolute atomic E-state index is 10.5. The average Bonchev–Trinajstić information content (AvgIpc) is 2.75. The van der Waals surface area contributed by atoms with Gasteiger partial charge in [0.15, 0.2) is 0 Å². The first kappa shape index (κ1) is 13.7. The van der Waals surface area contributed by atoms with Crippen LogP contribution in [0.1, 0.15) is 19.3 Å². The summed E-state index contributed by atoms with van der Waals surface area (Å²) in [6.45, 7) is 1.79. The van der Waals surface area contributed by atoms with Crippen LogP contribution >= 0.6 is 0 Å². The van der Waals surface area contributed by atoms with Crippen molar-refractivity contribution in [1.29, 1.82) is 0 Å². The molecule has 0 bridgehead atoms.